The average Bonchev–Trinajstić information content (AvgIpc) is 3.17. The van der Waals surface area contributed by atoms with Crippen LogP contribution in [0.5, 0.6) is 0 Å². The second-order valence-corrected chi connectivity index (χ2v) is 9.27. The molecule has 0 amide bonds. The number of hydrogen-bond donors (Lipinski definition) is 0. The first kappa shape index (κ1) is 16.5. The standard InChI is InChI=1S/C17H19N3OS3/c1-11-12(2)23-16-15(11)17(24-14-4-3-9-22-14)19-13(18-16)10-20-5-7-21-8-6-20/h3-4,9H,5-8,10H2,1-2H3. The Morgan fingerprint density at radius 1 is 1.25 bits per heavy atom. The molecule has 0 radical (unpaired) electrons. The fourth-order valence-corrected chi connectivity index (χ4v) is 5.77. The van der Waals surface area contributed by atoms with Gasteiger partial charge in [-0.05, 0) is 30.9 Å². The van der Waals surface area contributed by atoms with Crippen LogP contribution in [0.4, 0.5) is 0 Å². The van der Waals surface area contributed by atoms with Gasteiger partial charge in [0.1, 0.15) is 15.7 Å². The van der Waals surface area contributed by atoms with Gasteiger partial charge in [-0.2, -0.15) is 0 Å². The molecule has 0 saturated carbocycles. The summed E-state index contributed by atoms with van der Waals surface area (Å²) < 4.78 is 6.71. The predicted octanol–water partition coefficient (Wildman–Crippen LogP) is 4.35. The maximum Gasteiger partial charge on any atom is 0.145 e. The van der Waals surface area contributed by atoms with Crippen molar-refractivity contribution in [3.63, 3.8) is 0 Å². The average molecular weight is 378 g/mol. The number of aromatic nitrogens is 2. The molecule has 0 N–H and O–H groups in total. The number of nitrogens with zero attached hydrogens (tertiary/aromatic N) is 3. The number of ether oxygens (including phenoxy) is 1. The number of morpholine rings is 1. The van der Waals surface area contributed by atoms with Gasteiger partial charge in [-0.25, -0.2) is 9.97 Å². The molecule has 7 heteroatoms. The van der Waals surface area contributed by atoms with E-state index in [2.05, 4.69) is 36.3 Å². The van der Waals surface area contributed by atoms with Gasteiger partial charge < -0.3 is 4.74 Å². The van der Waals surface area contributed by atoms with Crippen LogP contribution in [0.2, 0.25) is 0 Å². The van der Waals surface area contributed by atoms with Crippen LogP contribution in [0.1, 0.15) is 16.3 Å². The third-order valence-electron chi connectivity index (χ3n) is 4.20. The lowest BCUT2D eigenvalue weighted by Crippen LogP contribution is -2.36. The summed E-state index contributed by atoms with van der Waals surface area (Å²) in [7, 11) is 0. The highest BCUT2D eigenvalue weighted by Gasteiger charge is 2.18. The van der Waals surface area contributed by atoms with Gasteiger partial charge in [-0.15, -0.1) is 22.7 Å². The zero-order valence-electron chi connectivity index (χ0n) is 13.7. The van der Waals surface area contributed by atoms with Crippen molar-refractivity contribution >= 4 is 44.7 Å². The molecule has 0 spiro atoms. The lowest BCUT2D eigenvalue weighted by atomic mass is 10.2. The van der Waals surface area contributed by atoms with E-state index in [1.807, 2.05) is 0 Å². The van der Waals surface area contributed by atoms with E-state index >= 15 is 0 Å². The maximum atomic E-state index is 5.44. The predicted molar refractivity (Wildman–Crippen MR) is 101 cm³/mol. The molecule has 0 atom stereocenters. The molecule has 0 unspecified atom stereocenters. The summed E-state index contributed by atoms with van der Waals surface area (Å²) in [6.45, 7) is 8.66. The van der Waals surface area contributed by atoms with Crippen LogP contribution in [0.25, 0.3) is 10.2 Å². The highest BCUT2D eigenvalue weighted by Crippen LogP contribution is 2.39. The van der Waals surface area contributed by atoms with Crippen molar-refractivity contribution in [2.24, 2.45) is 0 Å². The zero-order chi connectivity index (χ0) is 16.5. The van der Waals surface area contributed by atoms with Crippen LogP contribution in [0.15, 0.2) is 26.7 Å². The van der Waals surface area contributed by atoms with Crippen molar-refractivity contribution < 1.29 is 4.74 Å². The molecular formula is C17H19N3OS3. The fourth-order valence-electron chi connectivity index (χ4n) is 2.78. The first-order valence-electron chi connectivity index (χ1n) is 7.99. The molecule has 4 rings (SSSR count). The van der Waals surface area contributed by atoms with E-state index in [0.717, 1.165) is 48.5 Å². The van der Waals surface area contributed by atoms with E-state index in [1.54, 1.807) is 34.4 Å². The Morgan fingerprint density at radius 3 is 2.83 bits per heavy atom. The summed E-state index contributed by atoms with van der Waals surface area (Å²) >= 11 is 5.30. The van der Waals surface area contributed by atoms with Crippen LogP contribution in [0, 0.1) is 13.8 Å². The Morgan fingerprint density at radius 2 is 2.08 bits per heavy atom. The minimum atomic E-state index is 0.799. The number of aryl methyl sites for hydroxylation is 2. The van der Waals surface area contributed by atoms with Crippen molar-refractivity contribution in [1.29, 1.82) is 0 Å². The third-order valence-corrected chi connectivity index (χ3v) is 7.33. The Labute approximate surface area is 153 Å². The van der Waals surface area contributed by atoms with E-state index in [1.165, 1.54) is 20.0 Å². The number of thiophene rings is 2. The fraction of sp³-hybridized carbons (Fsp3) is 0.412. The van der Waals surface area contributed by atoms with Crippen molar-refractivity contribution in [1.82, 2.24) is 14.9 Å². The molecule has 4 heterocycles. The Hall–Kier alpha value is -0.990. The first-order valence-corrected chi connectivity index (χ1v) is 10.5. The summed E-state index contributed by atoms with van der Waals surface area (Å²) in [5, 5.41) is 4.43. The van der Waals surface area contributed by atoms with Crippen LogP contribution in [-0.2, 0) is 11.3 Å². The van der Waals surface area contributed by atoms with Gasteiger partial charge >= 0.3 is 0 Å². The van der Waals surface area contributed by atoms with E-state index < -0.39 is 0 Å². The molecule has 4 nitrogen and oxygen atoms in total. The Balaban J connectivity index is 1.72. The second kappa shape index (κ2) is 7.09. The van der Waals surface area contributed by atoms with Gasteiger partial charge in [-0.1, -0.05) is 17.8 Å². The quantitative estimate of drug-likeness (QED) is 0.632. The van der Waals surface area contributed by atoms with Gasteiger partial charge in [0.05, 0.1) is 24.0 Å². The molecule has 0 bridgehead atoms. The normalized spacial score (nSPS) is 16.1. The SMILES string of the molecule is Cc1sc2nc(CN3CCOCC3)nc(Sc3cccs3)c2c1C. The maximum absolute atomic E-state index is 5.44. The van der Waals surface area contributed by atoms with Gasteiger partial charge in [0.2, 0.25) is 0 Å². The van der Waals surface area contributed by atoms with Gasteiger partial charge in [0, 0.05) is 23.4 Å². The van der Waals surface area contributed by atoms with Crippen LogP contribution in [-0.4, -0.2) is 41.2 Å². The van der Waals surface area contributed by atoms with Crippen LogP contribution in [0.3, 0.4) is 0 Å². The van der Waals surface area contributed by atoms with Crippen LogP contribution >= 0.6 is 34.4 Å². The van der Waals surface area contributed by atoms with Crippen molar-refractivity contribution in [3.8, 4) is 0 Å². The first-order chi connectivity index (χ1) is 11.7. The summed E-state index contributed by atoms with van der Waals surface area (Å²) in [6.07, 6.45) is 0. The molecule has 126 valence electrons. The summed E-state index contributed by atoms with van der Waals surface area (Å²) in [5.41, 5.74) is 1.31. The van der Waals surface area contributed by atoms with Crippen molar-refractivity contribution in [2.75, 3.05) is 26.3 Å². The van der Waals surface area contributed by atoms with E-state index in [-0.39, 0.29) is 0 Å². The number of fused-ring (bicyclic) bond motifs is 1. The zero-order valence-corrected chi connectivity index (χ0v) is 16.2. The molecule has 0 aliphatic carbocycles. The van der Waals surface area contributed by atoms with Gasteiger partial charge in [-0.3, -0.25) is 4.90 Å². The van der Waals surface area contributed by atoms with Crippen LogP contribution < -0.4 is 0 Å². The largest absolute Gasteiger partial charge is 0.379 e. The molecular weight excluding hydrogens is 358 g/mol. The summed E-state index contributed by atoms with van der Waals surface area (Å²) in [6, 6.07) is 4.24. The highest BCUT2D eigenvalue weighted by atomic mass is 32.2. The molecule has 1 fully saturated rings. The van der Waals surface area contributed by atoms with E-state index in [9.17, 15) is 0 Å². The molecule has 1 aliphatic heterocycles. The second-order valence-electron chi connectivity index (χ2n) is 5.83. The molecule has 3 aromatic heterocycles. The molecule has 1 saturated heterocycles. The molecule has 1 aliphatic rings. The number of rotatable bonds is 4. The molecule has 3 aromatic rings. The smallest absolute Gasteiger partial charge is 0.145 e. The molecule has 24 heavy (non-hydrogen) atoms. The lowest BCUT2D eigenvalue weighted by Gasteiger charge is -2.25. The minimum absolute atomic E-state index is 0.799. The minimum Gasteiger partial charge on any atom is -0.379 e. The number of hydrogen-bond acceptors (Lipinski definition) is 7. The summed E-state index contributed by atoms with van der Waals surface area (Å²) in [4.78, 5) is 14.6. The van der Waals surface area contributed by atoms with E-state index in [0.29, 0.717) is 0 Å². The Kier molecular flexibility index (Phi) is 4.87. The highest BCUT2D eigenvalue weighted by molar-refractivity contribution is 8.01. The Bertz CT molecular complexity index is 839. The van der Waals surface area contributed by atoms with Crippen molar-refractivity contribution in [2.45, 2.75) is 29.6 Å². The van der Waals surface area contributed by atoms with E-state index in [4.69, 9.17) is 14.7 Å². The van der Waals surface area contributed by atoms with Crippen molar-refractivity contribution in [3.05, 3.63) is 33.8 Å². The monoisotopic (exact) mass is 377 g/mol. The topological polar surface area (TPSA) is 38.2 Å². The van der Waals surface area contributed by atoms with Gasteiger partial charge in [0.25, 0.3) is 0 Å². The molecule has 0 aromatic carbocycles. The third kappa shape index (κ3) is 3.36. The van der Waals surface area contributed by atoms with Gasteiger partial charge in [0.15, 0.2) is 0 Å². The lowest BCUT2D eigenvalue weighted by molar-refractivity contribution is 0.0330. The summed E-state index contributed by atoms with van der Waals surface area (Å²) in [5.74, 6) is 0.921.